The first-order chi connectivity index (χ1) is 10.8. The van der Waals surface area contributed by atoms with E-state index < -0.39 is 0 Å². The maximum absolute atomic E-state index is 5.42. The SMILES string of the molecule is COCc1nc(C)c(CNc2cc([C@H]3CCOC3)ncn2)s1. The van der Waals surface area contributed by atoms with Gasteiger partial charge in [0.05, 0.1) is 31.1 Å². The van der Waals surface area contributed by atoms with Crippen molar-refractivity contribution in [2.45, 2.75) is 32.4 Å². The van der Waals surface area contributed by atoms with Gasteiger partial charge in [-0.05, 0) is 13.3 Å². The topological polar surface area (TPSA) is 69.2 Å². The highest BCUT2D eigenvalue weighted by molar-refractivity contribution is 7.11. The van der Waals surface area contributed by atoms with Gasteiger partial charge in [-0.1, -0.05) is 0 Å². The predicted octanol–water partition coefficient (Wildman–Crippen LogP) is 2.50. The normalized spacial score (nSPS) is 17.8. The molecule has 3 rings (SSSR count). The minimum atomic E-state index is 0.391. The molecule has 0 aromatic carbocycles. The van der Waals surface area contributed by atoms with Crippen molar-refractivity contribution in [3.63, 3.8) is 0 Å². The van der Waals surface area contributed by atoms with Crippen molar-refractivity contribution in [2.24, 2.45) is 0 Å². The summed E-state index contributed by atoms with van der Waals surface area (Å²) in [5, 5.41) is 4.36. The third kappa shape index (κ3) is 3.60. The van der Waals surface area contributed by atoms with Crippen molar-refractivity contribution in [3.8, 4) is 0 Å². The lowest BCUT2D eigenvalue weighted by Gasteiger charge is -2.09. The Hall–Kier alpha value is -1.57. The van der Waals surface area contributed by atoms with Crippen molar-refractivity contribution in [2.75, 3.05) is 25.6 Å². The summed E-state index contributed by atoms with van der Waals surface area (Å²) in [6, 6.07) is 2.02. The molecule has 1 aliphatic rings. The number of methoxy groups -OCH3 is 1. The van der Waals surface area contributed by atoms with Crippen LogP contribution in [0, 0.1) is 6.92 Å². The smallest absolute Gasteiger partial charge is 0.129 e. The highest BCUT2D eigenvalue weighted by Crippen LogP contribution is 2.25. The molecule has 0 radical (unpaired) electrons. The molecule has 0 spiro atoms. The van der Waals surface area contributed by atoms with E-state index in [0.717, 1.165) is 41.8 Å². The van der Waals surface area contributed by atoms with Crippen molar-refractivity contribution in [3.05, 3.63) is 33.7 Å². The van der Waals surface area contributed by atoms with Gasteiger partial charge in [-0.3, -0.25) is 0 Å². The van der Waals surface area contributed by atoms with Gasteiger partial charge in [0.1, 0.15) is 17.2 Å². The van der Waals surface area contributed by atoms with Gasteiger partial charge in [0.2, 0.25) is 0 Å². The second-order valence-electron chi connectivity index (χ2n) is 5.29. The summed E-state index contributed by atoms with van der Waals surface area (Å²) < 4.78 is 10.5. The number of hydrogen-bond acceptors (Lipinski definition) is 7. The third-order valence-corrected chi connectivity index (χ3v) is 4.80. The van der Waals surface area contributed by atoms with E-state index in [1.807, 2.05) is 13.0 Å². The van der Waals surface area contributed by atoms with E-state index in [0.29, 0.717) is 19.1 Å². The van der Waals surface area contributed by atoms with Gasteiger partial charge >= 0.3 is 0 Å². The predicted molar refractivity (Wildman–Crippen MR) is 85.1 cm³/mol. The monoisotopic (exact) mass is 320 g/mol. The quantitative estimate of drug-likeness (QED) is 0.882. The Balaban J connectivity index is 1.64. The molecule has 0 unspecified atom stereocenters. The van der Waals surface area contributed by atoms with Gasteiger partial charge in [0.25, 0.3) is 0 Å². The van der Waals surface area contributed by atoms with E-state index in [2.05, 4.69) is 20.3 Å². The Morgan fingerprint density at radius 3 is 3.14 bits per heavy atom. The molecule has 1 atom stereocenters. The fraction of sp³-hybridized carbons (Fsp3) is 0.533. The molecule has 1 N–H and O–H groups in total. The van der Waals surface area contributed by atoms with E-state index in [4.69, 9.17) is 9.47 Å². The number of aryl methyl sites for hydroxylation is 1. The maximum atomic E-state index is 5.42. The first-order valence-electron chi connectivity index (χ1n) is 7.34. The zero-order valence-electron chi connectivity index (χ0n) is 12.8. The van der Waals surface area contributed by atoms with Crippen LogP contribution in [0.1, 0.15) is 33.6 Å². The summed E-state index contributed by atoms with van der Waals surface area (Å²) in [5.41, 5.74) is 2.10. The Bertz CT molecular complexity index is 626. The number of ether oxygens (including phenoxy) is 2. The number of thiazole rings is 1. The van der Waals surface area contributed by atoms with Gasteiger partial charge in [-0.2, -0.15) is 0 Å². The van der Waals surface area contributed by atoms with Gasteiger partial charge < -0.3 is 14.8 Å². The molecule has 3 heterocycles. The molecule has 0 aliphatic carbocycles. The standard InChI is InChI=1S/C15H20N4O2S/c1-10-13(22-15(19-10)8-20-2)6-16-14-5-12(17-9-18-14)11-3-4-21-7-11/h5,9,11H,3-4,6-8H2,1-2H3,(H,16,17,18)/t11-/m0/s1. The molecular weight excluding hydrogens is 300 g/mol. The number of nitrogens with zero attached hydrogens (tertiary/aromatic N) is 3. The summed E-state index contributed by atoms with van der Waals surface area (Å²) in [4.78, 5) is 14.4. The van der Waals surface area contributed by atoms with Crippen LogP contribution in [0.25, 0.3) is 0 Å². The molecule has 1 aliphatic heterocycles. The zero-order valence-corrected chi connectivity index (χ0v) is 13.7. The van der Waals surface area contributed by atoms with Crippen molar-refractivity contribution in [1.29, 1.82) is 0 Å². The number of hydrogen-bond donors (Lipinski definition) is 1. The third-order valence-electron chi connectivity index (χ3n) is 3.67. The van der Waals surface area contributed by atoms with Crippen LogP contribution in [0.3, 0.4) is 0 Å². The molecule has 2 aromatic heterocycles. The molecular formula is C15H20N4O2S. The molecule has 6 nitrogen and oxygen atoms in total. The Morgan fingerprint density at radius 2 is 2.36 bits per heavy atom. The molecule has 0 bridgehead atoms. The maximum Gasteiger partial charge on any atom is 0.129 e. The lowest BCUT2D eigenvalue weighted by Crippen LogP contribution is -2.05. The van der Waals surface area contributed by atoms with Crippen LogP contribution in [0.15, 0.2) is 12.4 Å². The van der Waals surface area contributed by atoms with Gasteiger partial charge in [-0.25, -0.2) is 15.0 Å². The molecule has 22 heavy (non-hydrogen) atoms. The number of rotatable bonds is 6. The molecule has 1 saturated heterocycles. The molecule has 0 amide bonds. The lowest BCUT2D eigenvalue weighted by molar-refractivity contribution is 0.184. The lowest BCUT2D eigenvalue weighted by atomic mass is 10.1. The summed E-state index contributed by atoms with van der Waals surface area (Å²) in [6.45, 7) is 4.87. The van der Waals surface area contributed by atoms with Crippen LogP contribution in [-0.2, 0) is 22.6 Å². The van der Waals surface area contributed by atoms with Crippen molar-refractivity contribution in [1.82, 2.24) is 15.0 Å². The Morgan fingerprint density at radius 1 is 1.45 bits per heavy atom. The van der Waals surface area contributed by atoms with Crippen LogP contribution in [-0.4, -0.2) is 35.3 Å². The average Bonchev–Trinajstić information content (AvgIpc) is 3.16. The van der Waals surface area contributed by atoms with Crippen molar-refractivity contribution >= 4 is 17.2 Å². The number of nitrogens with one attached hydrogen (secondary N) is 1. The Kier molecular flexibility index (Phi) is 4.97. The van der Waals surface area contributed by atoms with Gasteiger partial charge in [0.15, 0.2) is 0 Å². The summed E-state index contributed by atoms with van der Waals surface area (Å²) in [5.74, 6) is 1.24. The van der Waals surface area contributed by atoms with Crippen LogP contribution >= 0.6 is 11.3 Å². The molecule has 0 saturated carbocycles. The fourth-order valence-corrected chi connectivity index (χ4v) is 3.45. The number of aromatic nitrogens is 3. The summed E-state index contributed by atoms with van der Waals surface area (Å²) in [7, 11) is 1.68. The van der Waals surface area contributed by atoms with Crippen molar-refractivity contribution < 1.29 is 9.47 Å². The zero-order chi connectivity index (χ0) is 15.4. The highest BCUT2D eigenvalue weighted by atomic mass is 32.1. The summed E-state index contributed by atoms with van der Waals surface area (Å²) >= 11 is 1.67. The van der Waals surface area contributed by atoms with Gasteiger partial charge in [0, 0.05) is 30.6 Å². The van der Waals surface area contributed by atoms with E-state index in [1.54, 1.807) is 24.8 Å². The van der Waals surface area contributed by atoms with E-state index in [-0.39, 0.29) is 0 Å². The first kappa shape index (κ1) is 15.3. The van der Waals surface area contributed by atoms with E-state index in [1.165, 1.54) is 4.88 Å². The summed E-state index contributed by atoms with van der Waals surface area (Å²) in [6.07, 6.45) is 2.65. The molecule has 7 heteroatoms. The first-order valence-corrected chi connectivity index (χ1v) is 8.15. The average molecular weight is 320 g/mol. The fourth-order valence-electron chi connectivity index (χ4n) is 2.47. The molecule has 2 aromatic rings. The van der Waals surface area contributed by atoms with Crippen LogP contribution in [0.4, 0.5) is 5.82 Å². The second-order valence-corrected chi connectivity index (χ2v) is 6.46. The largest absolute Gasteiger partial charge is 0.381 e. The molecule has 118 valence electrons. The van der Waals surface area contributed by atoms with E-state index in [9.17, 15) is 0 Å². The second kappa shape index (κ2) is 7.13. The Labute approximate surface area is 133 Å². The minimum Gasteiger partial charge on any atom is -0.381 e. The van der Waals surface area contributed by atoms with Crippen LogP contribution in [0.5, 0.6) is 0 Å². The highest BCUT2D eigenvalue weighted by Gasteiger charge is 2.19. The number of anilines is 1. The van der Waals surface area contributed by atoms with Gasteiger partial charge in [-0.15, -0.1) is 11.3 Å². The van der Waals surface area contributed by atoms with Crippen LogP contribution in [0.2, 0.25) is 0 Å². The molecule has 1 fully saturated rings. The minimum absolute atomic E-state index is 0.391. The van der Waals surface area contributed by atoms with E-state index >= 15 is 0 Å². The van der Waals surface area contributed by atoms with Crippen LogP contribution < -0.4 is 5.32 Å².